The zero-order valence-corrected chi connectivity index (χ0v) is 18.7. The maximum Gasteiger partial charge on any atom is -1.00 e. The largest absolute Gasteiger partial charge is 1.00 e. The van der Waals surface area contributed by atoms with Gasteiger partial charge in [0, 0.05) is 0 Å². The maximum absolute atomic E-state index is 2.48. The van der Waals surface area contributed by atoms with Gasteiger partial charge >= 0.3 is 118 Å². The summed E-state index contributed by atoms with van der Waals surface area (Å²) in [5.41, 5.74) is 4.95. The molecule has 1 unspecified atom stereocenters. The maximum atomic E-state index is 2.48. The van der Waals surface area contributed by atoms with Crippen molar-refractivity contribution in [3.63, 3.8) is 0 Å². The van der Waals surface area contributed by atoms with Gasteiger partial charge in [-0.25, -0.2) is 0 Å². The first-order chi connectivity index (χ1) is 8.30. The van der Waals surface area contributed by atoms with E-state index in [1.807, 2.05) is 0 Å². The van der Waals surface area contributed by atoms with Gasteiger partial charge in [0.25, 0.3) is 0 Å². The van der Waals surface area contributed by atoms with E-state index in [0.717, 1.165) is 3.63 Å². The molecule has 19 heavy (non-hydrogen) atoms. The zero-order valence-electron chi connectivity index (χ0n) is 11.9. The van der Waals surface area contributed by atoms with Crippen molar-refractivity contribution in [1.82, 2.24) is 0 Å². The van der Waals surface area contributed by atoms with Crippen LogP contribution in [0.3, 0.4) is 0 Å². The molecule has 0 saturated heterocycles. The molecule has 0 bridgehead atoms. The molecule has 2 rings (SSSR count). The minimum Gasteiger partial charge on any atom is -1.00 e. The Hall–Kier alpha value is 1.02. The molecule has 0 amide bonds. The number of hydrogen-bond donors (Lipinski definition) is 0. The number of fused-ring (bicyclic) bond motifs is 1. The van der Waals surface area contributed by atoms with Crippen LogP contribution in [-0.2, 0) is 22.4 Å². The molecule has 1 atom stereocenters. The van der Waals surface area contributed by atoms with Crippen LogP contribution in [0, 0.1) is 0 Å². The van der Waals surface area contributed by atoms with Crippen LogP contribution in [0.25, 0.3) is 6.08 Å². The molecule has 4 heteroatoms. The van der Waals surface area contributed by atoms with E-state index in [-0.39, 0.29) is 62.3 Å². The third-order valence-corrected chi connectivity index (χ3v) is 20.2. The van der Waals surface area contributed by atoms with Crippen LogP contribution in [0.4, 0.5) is 0 Å². The average molecular weight is 481 g/mol. The van der Waals surface area contributed by atoms with Crippen LogP contribution in [-0.4, -0.2) is 5.92 Å². The summed E-state index contributed by atoms with van der Waals surface area (Å²) >= 11 is -0.202. The normalized spacial score (nSPS) is 16.0. The molecule has 0 radical (unpaired) electrons. The third-order valence-electron chi connectivity index (χ3n) is 3.81. The van der Waals surface area contributed by atoms with Gasteiger partial charge in [-0.3, -0.25) is 0 Å². The fraction of sp³-hybridized carbons (Fsp3) is 0.467. The molecule has 0 aromatic heterocycles. The summed E-state index contributed by atoms with van der Waals surface area (Å²) in [7, 11) is 0. The molecule has 0 saturated carbocycles. The summed E-state index contributed by atoms with van der Waals surface area (Å²) in [6, 6.07) is 12.2. The Kier molecular flexibility index (Phi) is 10.4. The van der Waals surface area contributed by atoms with E-state index in [2.05, 4.69) is 51.1 Å². The number of halogens is 2. The van der Waals surface area contributed by atoms with Crippen LogP contribution >= 0.6 is 0 Å². The number of hydrogen-bond acceptors (Lipinski definition) is 0. The van der Waals surface area contributed by atoms with Crippen molar-refractivity contribution in [2.45, 2.75) is 42.9 Å². The van der Waals surface area contributed by atoms with Crippen molar-refractivity contribution in [2.24, 2.45) is 0 Å². The SMILES string of the molecule is CCC1=Cc2ccccc2[CH]1[Zr+2][SiH](CC)CC.[Br-].[Br-]. The Morgan fingerprint density at radius 2 is 1.68 bits per heavy atom. The number of rotatable bonds is 5. The first kappa shape index (κ1) is 20.0. The zero-order chi connectivity index (χ0) is 12.3. The van der Waals surface area contributed by atoms with E-state index in [1.54, 1.807) is 11.1 Å². The van der Waals surface area contributed by atoms with Crippen molar-refractivity contribution >= 4 is 12.0 Å². The number of benzene rings is 1. The van der Waals surface area contributed by atoms with Crippen LogP contribution in [0.1, 0.15) is 41.9 Å². The first-order valence-electron chi connectivity index (χ1n) is 6.85. The van der Waals surface area contributed by atoms with Gasteiger partial charge in [-0.2, -0.15) is 0 Å². The van der Waals surface area contributed by atoms with Crippen LogP contribution in [0.5, 0.6) is 0 Å². The van der Waals surface area contributed by atoms with Crippen molar-refractivity contribution in [1.29, 1.82) is 0 Å². The van der Waals surface area contributed by atoms with Crippen molar-refractivity contribution in [3.05, 3.63) is 41.0 Å². The van der Waals surface area contributed by atoms with Crippen molar-refractivity contribution in [3.8, 4) is 0 Å². The molecular formula is C15H22Br2SiZr. The van der Waals surface area contributed by atoms with E-state index in [4.69, 9.17) is 0 Å². The van der Waals surface area contributed by atoms with Gasteiger partial charge in [-0.1, -0.05) is 0 Å². The van der Waals surface area contributed by atoms with E-state index in [9.17, 15) is 0 Å². The Morgan fingerprint density at radius 3 is 2.26 bits per heavy atom. The molecular weight excluding hydrogens is 459 g/mol. The van der Waals surface area contributed by atoms with Gasteiger partial charge in [0.1, 0.15) is 0 Å². The molecule has 0 aliphatic heterocycles. The molecule has 0 fully saturated rings. The fourth-order valence-electron chi connectivity index (χ4n) is 2.65. The second-order valence-electron chi connectivity index (χ2n) is 4.81. The smallest absolute Gasteiger partial charge is 1.00 e. The second-order valence-corrected chi connectivity index (χ2v) is 18.1. The van der Waals surface area contributed by atoms with Crippen molar-refractivity contribution in [2.75, 3.05) is 0 Å². The van der Waals surface area contributed by atoms with Crippen LogP contribution in [0.15, 0.2) is 29.8 Å². The summed E-state index contributed by atoms with van der Waals surface area (Å²) < 4.78 is 0.927. The van der Waals surface area contributed by atoms with Crippen LogP contribution in [0.2, 0.25) is 12.1 Å². The minimum atomic E-state index is -0.327. The van der Waals surface area contributed by atoms with Crippen LogP contribution < -0.4 is 34.0 Å². The van der Waals surface area contributed by atoms with Gasteiger partial charge in [-0.15, -0.1) is 0 Å². The van der Waals surface area contributed by atoms with Gasteiger partial charge in [-0.05, 0) is 0 Å². The van der Waals surface area contributed by atoms with Gasteiger partial charge < -0.3 is 34.0 Å². The van der Waals surface area contributed by atoms with Gasteiger partial charge in [0.15, 0.2) is 0 Å². The summed E-state index contributed by atoms with van der Waals surface area (Å²) in [6.45, 7) is 7.19. The monoisotopic (exact) mass is 478 g/mol. The molecule has 104 valence electrons. The Labute approximate surface area is 151 Å². The molecule has 0 N–H and O–H groups in total. The predicted molar refractivity (Wildman–Crippen MR) is 75.6 cm³/mol. The third kappa shape index (κ3) is 4.76. The molecule has 1 aromatic carbocycles. The molecule has 0 nitrogen and oxygen atoms in total. The minimum absolute atomic E-state index is 0. The first-order valence-corrected chi connectivity index (χ1v) is 14.7. The molecule has 1 aromatic rings. The summed E-state index contributed by atoms with van der Waals surface area (Å²) in [4.78, 5) is 0. The Balaban J connectivity index is 0.00000162. The second kappa shape index (κ2) is 9.87. The topological polar surface area (TPSA) is 0 Å². The Bertz CT molecular complexity index is 416. The molecule has 0 heterocycles. The molecule has 1 aliphatic carbocycles. The quantitative estimate of drug-likeness (QED) is 0.445. The van der Waals surface area contributed by atoms with Gasteiger partial charge in [0.2, 0.25) is 0 Å². The van der Waals surface area contributed by atoms with E-state index < -0.39 is 0 Å². The van der Waals surface area contributed by atoms with E-state index in [0.29, 0.717) is 0 Å². The van der Waals surface area contributed by atoms with Gasteiger partial charge in [0.05, 0.1) is 0 Å². The Morgan fingerprint density at radius 1 is 1.05 bits per heavy atom. The van der Waals surface area contributed by atoms with Crippen molar-refractivity contribution < 1.29 is 56.4 Å². The molecule has 0 spiro atoms. The average Bonchev–Trinajstić information content (AvgIpc) is 2.73. The summed E-state index contributed by atoms with van der Waals surface area (Å²) in [5.74, 6) is -0.327. The summed E-state index contributed by atoms with van der Waals surface area (Å²) in [6.07, 6.45) is 3.74. The number of allylic oxidation sites excluding steroid dienone is 1. The predicted octanol–water partition coefficient (Wildman–Crippen LogP) is -1.61. The standard InChI is InChI=1S/C11H11.C4H11Si.2BrH.Zr/c1-2-9-7-10-5-3-4-6-11(10)8-9;1-3-5-4-2;;;/h3-8H,2H2,1H3;5H,3-4H2,1-2H3;2*1H;/q;;;;+2/p-2. The van der Waals surface area contributed by atoms with E-state index in [1.165, 1.54) is 24.1 Å². The van der Waals surface area contributed by atoms with E-state index >= 15 is 0 Å². The molecule has 1 aliphatic rings. The summed E-state index contributed by atoms with van der Waals surface area (Å²) in [5, 5.41) is 0. The fourth-order valence-corrected chi connectivity index (χ4v) is 15.8.